The highest BCUT2D eigenvalue weighted by Crippen LogP contribution is 2.27. The van der Waals surface area contributed by atoms with Gasteiger partial charge in [0.05, 0.1) is 11.4 Å². The Morgan fingerprint density at radius 2 is 2.12 bits per heavy atom. The summed E-state index contributed by atoms with van der Waals surface area (Å²) in [5.74, 6) is 0.142. The van der Waals surface area contributed by atoms with E-state index in [1.165, 1.54) is 0 Å². The molecule has 2 aromatic rings. The maximum atomic E-state index is 12.3. The number of carbonyl (C=O) groups is 1. The van der Waals surface area contributed by atoms with Gasteiger partial charge >= 0.3 is 0 Å². The van der Waals surface area contributed by atoms with Crippen LogP contribution in [0.25, 0.3) is 11.3 Å². The molecule has 0 saturated heterocycles. The number of nitrogens with one attached hydrogen (secondary N) is 3. The molecule has 0 saturated carbocycles. The van der Waals surface area contributed by atoms with Crippen LogP contribution in [0.4, 0.5) is 0 Å². The Kier molecular flexibility index (Phi) is 5.07. The average Bonchev–Trinajstić information content (AvgIpc) is 3.29. The Morgan fingerprint density at radius 1 is 1.32 bits per heavy atom. The molecule has 6 heteroatoms. The van der Waals surface area contributed by atoms with Crippen molar-refractivity contribution in [3.63, 3.8) is 0 Å². The van der Waals surface area contributed by atoms with Crippen molar-refractivity contribution < 1.29 is 9.53 Å². The van der Waals surface area contributed by atoms with E-state index < -0.39 is 0 Å². The predicted octanol–water partition coefficient (Wildman–Crippen LogP) is 3.15. The molecular formula is C19H24N4O2. The average molecular weight is 340 g/mol. The Labute approximate surface area is 147 Å². The lowest BCUT2D eigenvalue weighted by Crippen LogP contribution is -2.35. The van der Waals surface area contributed by atoms with E-state index in [2.05, 4.69) is 34.7 Å². The maximum absolute atomic E-state index is 12.3. The molecule has 2 heterocycles. The second-order valence-electron chi connectivity index (χ2n) is 6.21. The molecule has 1 aromatic carbocycles. The number of amides is 1. The highest BCUT2D eigenvalue weighted by Gasteiger charge is 2.25. The Morgan fingerprint density at radius 3 is 2.80 bits per heavy atom. The highest BCUT2D eigenvalue weighted by molar-refractivity contribution is 5.91. The number of aromatic nitrogens is 2. The summed E-state index contributed by atoms with van der Waals surface area (Å²) < 4.78 is 5.81. The molecule has 3 N–H and O–H groups in total. The second kappa shape index (κ2) is 7.42. The first-order valence-corrected chi connectivity index (χ1v) is 8.66. The van der Waals surface area contributed by atoms with Gasteiger partial charge in [-0.15, -0.1) is 0 Å². The molecule has 1 aliphatic rings. The van der Waals surface area contributed by atoms with Crippen molar-refractivity contribution in [2.45, 2.75) is 45.9 Å². The molecule has 132 valence electrons. The first kappa shape index (κ1) is 17.1. The molecule has 0 aliphatic carbocycles. The summed E-state index contributed by atoms with van der Waals surface area (Å²) in [5.41, 5.74) is 3.87. The van der Waals surface area contributed by atoms with Gasteiger partial charge in [-0.1, -0.05) is 32.0 Å². The highest BCUT2D eigenvalue weighted by atomic mass is 16.5. The fourth-order valence-corrected chi connectivity index (χ4v) is 2.82. The summed E-state index contributed by atoms with van der Waals surface area (Å²) in [6.45, 7) is 6.06. The topological polar surface area (TPSA) is 79.0 Å². The van der Waals surface area contributed by atoms with Crippen LogP contribution in [0.3, 0.4) is 0 Å². The van der Waals surface area contributed by atoms with Gasteiger partial charge in [0.2, 0.25) is 5.76 Å². The van der Waals surface area contributed by atoms with Crippen molar-refractivity contribution in [2.75, 3.05) is 0 Å². The van der Waals surface area contributed by atoms with Crippen LogP contribution >= 0.6 is 0 Å². The quantitative estimate of drug-likeness (QED) is 0.755. The first-order chi connectivity index (χ1) is 12.1. The largest absolute Gasteiger partial charge is 0.459 e. The molecule has 0 spiro atoms. The van der Waals surface area contributed by atoms with E-state index in [4.69, 9.17) is 4.74 Å². The molecule has 1 amide bonds. The van der Waals surface area contributed by atoms with Crippen molar-refractivity contribution >= 4 is 5.91 Å². The third kappa shape index (κ3) is 3.84. The van der Waals surface area contributed by atoms with Crippen LogP contribution in [0, 0.1) is 6.92 Å². The van der Waals surface area contributed by atoms with Gasteiger partial charge in [-0.25, -0.2) is 0 Å². The van der Waals surface area contributed by atoms with Gasteiger partial charge in [0.15, 0.2) is 6.23 Å². The molecule has 6 nitrogen and oxygen atoms in total. The zero-order valence-electron chi connectivity index (χ0n) is 14.8. The van der Waals surface area contributed by atoms with Gasteiger partial charge in [0.25, 0.3) is 5.91 Å². The smallest absolute Gasteiger partial charge is 0.288 e. The number of benzene rings is 1. The lowest BCUT2D eigenvalue weighted by atomic mass is 10.1. The Hall–Kier alpha value is -2.76. The Bertz CT molecular complexity index is 777. The summed E-state index contributed by atoms with van der Waals surface area (Å²) in [6, 6.07) is 10.1. The number of nitrogens with zero attached hydrogens (tertiary/aromatic N) is 1. The molecular weight excluding hydrogens is 316 g/mol. The predicted molar refractivity (Wildman–Crippen MR) is 96.3 cm³/mol. The molecule has 3 rings (SSSR count). The molecule has 0 bridgehead atoms. The minimum atomic E-state index is -0.369. The van der Waals surface area contributed by atoms with E-state index in [9.17, 15) is 4.79 Å². The molecule has 1 atom stereocenters. The van der Waals surface area contributed by atoms with E-state index in [1.807, 2.05) is 37.3 Å². The molecule has 1 aromatic heterocycles. The number of hydrogen-bond donors (Lipinski definition) is 3. The molecule has 1 unspecified atom stereocenters. The van der Waals surface area contributed by atoms with Gasteiger partial charge in [-0.2, -0.15) is 5.10 Å². The summed E-state index contributed by atoms with van der Waals surface area (Å²) in [5, 5.41) is 13.3. The van der Waals surface area contributed by atoms with Crippen LogP contribution < -0.4 is 10.6 Å². The number of hydrogen-bond acceptors (Lipinski definition) is 4. The summed E-state index contributed by atoms with van der Waals surface area (Å²) >= 11 is 0. The van der Waals surface area contributed by atoms with Crippen LogP contribution in [0.5, 0.6) is 0 Å². The zero-order valence-corrected chi connectivity index (χ0v) is 14.8. The molecule has 0 fully saturated rings. The lowest BCUT2D eigenvalue weighted by Gasteiger charge is -2.17. The first-order valence-electron chi connectivity index (χ1n) is 8.66. The molecule has 1 aliphatic heterocycles. The van der Waals surface area contributed by atoms with E-state index in [0.29, 0.717) is 5.76 Å². The SMILES string of the molecule is CCC(CC)NC(=O)C1=CNC(c2cccc(-c3cc(C)n[nH]3)c2)O1. The normalized spacial score (nSPS) is 16.3. The number of ether oxygens (including phenoxy) is 1. The monoisotopic (exact) mass is 340 g/mol. The number of rotatable bonds is 6. The van der Waals surface area contributed by atoms with Crippen LogP contribution in [0.1, 0.15) is 44.2 Å². The maximum Gasteiger partial charge on any atom is 0.288 e. The van der Waals surface area contributed by atoms with Crippen molar-refractivity contribution in [1.82, 2.24) is 20.8 Å². The summed E-state index contributed by atoms with van der Waals surface area (Å²) in [7, 11) is 0. The third-order valence-electron chi connectivity index (χ3n) is 4.36. The van der Waals surface area contributed by atoms with E-state index >= 15 is 0 Å². The minimum Gasteiger partial charge on any atom is -0.459 e. The van der Waals surface area contributed by atoms with Crippen LogP contribution in [-0.4, -0.2) is 22.1 Å². The molecule has 0 radical (unpaired) electrons. The van der Waals surface area contributed by atoms with Crippen molar-refractivity contribution in [1.29, 1.82) is 0 Å². The minimum absolute atomic E-state index is 0.169. The number of aryl methyl sites for hydroxylation is 1. The fraction of sp³-hybridized carbons (Fsp3) is 0.368. The summed E-state index contributed by atoms with van der Waals surface area (Å²) in [4.78, 5) is 12.3. The Balaban J connectivity index is 1.68. The van der Waals surface area contributed by atoms with Gasteiger partial charge in [-0.3, -0.25) is 9.89 Å². The van der Waals surface area contributed by atoms with Gasteiger partial charge in [0.1, 0.15) is 0 Å². The van der Waals surface area contributed by atoms with Crippen molar-refractivity contribution in [3.8, 4) is 11.3 Å². The zero-order chi connectivity index (χ0) is 17.8. The molecule has 25 heavy (non-hydrogen) atoms. The van der Waals surface area contributed by atoms with Gasteiger partial charge in [0, 0.05) is 23.4 Å². The third-order valence-corrected chi connectivity index (χ3v) is 4.36. The lowest BCUT2D eigenvalue weighted by molar-refractivity contribution is -0.122. The standard InChI is InChI=1S/C19H24N4O2/c1-4-15(5-2)21-18(24)17-11-20-19(25-17)14-8-6-7-13(10-14)16-9-12(3)22-23-16/h6-11,15,19-20H,4-5H2,1-3H3,(H,21,24)(H,22,23). The van der Waals surface area contributed by atoms with Crippen LogP contribution in [0.15, 0.2) is 42.3 Å². The van der Waals surface area contributed by atoms with E-state index in [-0.39, 0.29) is 18.2 Å². The number of H-pyrrole nitrogens is 1. The number of carbonyl (C=O) groups excluding carboxylic acids is 1. The van der Waals surface area contributed by atoms with E-state index in [1.54, 1.807) is 6.20 Å². The van der Waals surface area contributed by atoms with Gasteiger partial charge in [-0.05, 0) is 31.9 Å². The van der Waals surface area contributed by atoms with Gasteiger partial charge < -0.3 is 15.4 Å². The fourth-order valence-electron chi connectivity index (χ4n) is 2.82. The second-order valence-corrected chi connectivity index (χ2v) is 6.21. The van der Waals surface area contributed by atoms with Crippen LogP contribution in [-0.2, 0) is 9.53 Å². The van der Waals surface area contributed by atoms with Crippen molar-refractivity contribution in [2.24, 2.45) is 0 Å². The van der Waals surface area contributed by atoms with E-state index in [0.717, 1.165) is 35.4 Å². The number of aromatic amines is 1. The van der Waals surface area contributed by atoms with Crippen LogP contribution in [0.2, 0.25) is 0 Å². The van der Waals surface area contributed by atoms with Crippen molar-refractivity contribution in [3.05, 3.63) is 53.5 Å². The summed E-state index contributed by atoms with van der Waals surface area (Å²) in [6.07, 6.45) is 3.07.